The van der Waals surface area contributed by atoms with E-state index in [0.29, 0.717) is 10.2 Å². The number of hydrogen-bond donors (Lipinski definition) is 2. The van der Waals surface area contributed by atoms with Gasteiger partial charge in [0.05, 0.1) is 15.6 Å². The third kappa shape index (κ3) is 4.04. The standard InChI is InChI=1S/C24H21ClN2O2S/c1-24(2,22(29)27-23-26-19-13-10-17(25)14-20(19)30-23)21(15-6-4-3-5-7-15)16-8-11-18(28)12-9-16/h3-14,21,28H,1-2H3,(H,26,27,29). The molecule has 4 nitrogen and oxygen atoms in total. The lowest BCUT2D eigenvalue weighted by atomic mass is 9.70. The first kappa shape index (κ1) is 20.4. The van der Waals surface area contributed by atoms with Gasteiger partial charge in [0, 0.05) is 10.9 Å². The predicted molar refractivity (Wildman–Crippen MR) is 123 cm³/mol. The van der Waals surface area contributed by atoms with E-state index in [-0.39, 0.29) is 17.6 Å². The van der Waals surface area contributed by atoms with Crippen molar-refractivity contribution in [3.63, 3.8) is 0 Å². The summed E-state index contributed by atoms with van der Waals surface area (Å²) in [5.74, 6) is -0.140. The van der Waals surface area contributed by atoms with Crippen LogP contribution in [0.3, 0.4) is 0 Å². The van der Waals surface area contributed by atoms with E-state index in [1.165, 1.54) is 11.3 Å². The fraction of sp³-hybridized carbons (Fsp3) is 0.167. The van der Waals surface area contributed by atoms with E-state index < -0.39 is 5.41 Å². The van der Waals surface area contributed by atoms with Gasteiger partial charge in [0.25, 0.3) is 0 Å². The Labute approximate surface area is 184 Å². The number of rotatable bonds is 5. The molecular weight excluding hydrogens is 416 g/mol. The zero-order valence-electron chi connectivity index (χ0n) is 16.6. The van der Waals surface area contributed by atoms with Gasteiger partial charge in [-0.3, -0.25) is 4.79 Å². The maximum atomic E-state index is 13.4. The Hall–Kier alpha value is -2.89. The number of aromatic nitrogens is 1. The Morgan fingerprint density at radius 3 is 2.40 bits per heavy atom. The highest BCUT2D eigenvalue weighted by molar-refractivity contribution is 7.22. The van der Waals surface area contributed by atoms with Gasteiger partial charge in [0.1, 0.15) is 5.75 Å². The number of aromatic hydroxyl groups is 1. The predicted octanol–water partition coefficient (Wildman–Crippen LogP) is 6.45. The van der Waals surface area contributed by atoms with Gasteiger partial charge in [-0.05, 0) is 41.5 Å². The molecule has 0 saturated heterocycles. The number of carbonyl (C=O) groups excluding carboxylic acids is 1. The van der Waals surface area contributed by atoms with Crippen molar-refractivity contribution in [2.24, 2.45) is 5.41 Å². The van der Waals surface area contributed by atoms with E-state index in [9.17, 15) is 9.90 Å². The van der Waals surface area contributed by atoms with Crippen molar-refractivity contribution in [1.29, 1.82) is 0 Å². The number of carbonyl (C=O) groups is 1. The zero-order chi connectivity index (χ0) is 21.3. The molecule has 6 heteroatoms. The minimum Gasteiger partial charge on any atom is -0.508 e. The van der Waals surface area contributed by atoms with Gasteiger partial charge in [-0.1, -0.05) is 79.2 Å². The topological polar surface area (TPSA) is 62.2 Å². The SMILES string of the molecule is CC(C)(C(=O)Nc1nc2ccc(Cl)cc2s1)C(c1ccccc1)c1ccc(O)cc1. The van der Waals surface area contributed by atoms with Gasteiger partial charge in [0.15, 0.2) is 5.13 Å². The van der Waals surface area contributed by atoms with Crippen LogP contribution < -0.4 is 5.32 Å². The van der Waals surface area contributed by atoms with Gasteiger partial charge in [-0.2, -0.15) is 0 Å². The molecule has 1 unspecified atom stereocenters. The van der Waals surface area contributed by atoms with Crippen LogP contribution >= 0.6 is 22.9 Å². The lowest BCUT2D eigenvalue weighted by Crippen LogP contribution is -2.37. The molecule has 1 aromatic heterocycles. The van der Waals surface area contributed by atoms with E-state index in [4.69, 9.17) is 11.6 Å². The summed E-state index contributed by atoms with van der Waals surface area (Å²) in [7, 11) is 0. The van der Waals surface area contributed by atoms with Crippen LogP contribution in [0.2, 0.25) is 5.02 Å². The molecule has 3 aromatic carbocycles. The molecule has 1 atom stereocenters. The second kappa shape index (κ2) is 8.09. The molecule has 0 fully saturated rings. The number of thiazole rings is 1. The van der Waals surface area contributed by atoms with Gasteiger partial charge in [0.2, 0.25) is 5.91 Å². The second-order valence-electron chi connectivity index (χ2n) is 7.74. The summed E-state index contributed by atoms with van der Waals surface area (Å²) in [4.78, 5) is 17.9. The molecule has 4 rings (SSSR count). The number of amides is 1. The van der Waals surface area contributed by atoms with Crippen LogP contribution in [0.15, 0.2) is 72.8 Å². The molecule has 30 heavy (non-hydrogen) atoms. The monoisotopic (exact) mass is 436 g/mol. The molecular formula is C24H21ClN2O2S. The summed E-state index contributed by atoms with van der Waals surface area (Å²) in [6.07, 6.45) is 0. The number of halogens is 1. The van der Waals surface area contributed by atoms with Crippen molar-refractivity contribution >= 4 is 44.2 Å². The quantitative estimate of drug-likeness (QED) is 0.377. The van der Waals surface area contributed by atoms with E-state index in [0.717, 1.165) is 21.3 Å². The maximum Gasteiger partial charge on any atom is 0.232 e. The number of hydrogen-bond acceptors (Lipinski definition) is 4. The van der Waals surface area contributed by atoms with Crippen LogP contribution in [0, 0.1) is 5.41 Å². The largest absolute Gasteiger partial charge is 0.508 e. The minimum absolute atomic E-state index is 0.130. The van der Waals surface area contributed by atoms with Crippen molar-refractivity contribution in [2.75, 3.05) is 5.32 Å². The van der Waals surface area contributed by atoms with Crippen molar-refractivity contribution < 1.29 is 9.90 Å². The highest BCUT2D eigenvalue weighted by Crippen LogP contribution is 2.42. The molecule has 1 amide bonds. The molecule has 2 N–H and O–H groups in total. The first-order valence-corrected chi connectivity index (χ1v) is 10.8. The second-order valence-corrected chi connectivity index (χ2v) is 9.21. The average Bonchev–Trinajstić information content (AvgIpc) is 3.11. The molecule has 152 valence electrons. The third-order valence-corrected chi connectivity index (χ3v) is 6.41. The molecule has 0 aliphatic carbocycles. The van der Waals surface area contributed by atoms with Crippen molar-refractivity contribution in [2.45, 2.75) is 19.8 Å². The fourth-order valence-corrected chi connectivity index (χ4v) is 4.82. The normalized spacial score (nSPS) is 12.6. The van der Waals surface area contributed by atoms with E-state index in [1.54, 1.807) is 18.2 Å². The van der Waals surface area contributed by atoms with Gasteiger partial charge in [-0.15, -0.1) is 0 Å². The lowest BCUT2D eigenvalue weighted by molar-refractivity contribution is -0.124. The lowest BCUT2D eigenvalue weighted by Gasteiger charge is -2.33. The number of phenols is 1. The first-order chi connectivity index (χ1) is 14.3. The van der Waals surface area contributed by atoms with E-state index in [2.05, 4.69) is 10.3 Å². The zero-order valence-corrected chi connectivity index (χ0v) is 18.2. The Kier molecular flexibility index (Phi) is 5.50. The minimum atomic E-state index is -0.784. The summed E-state index contributed by atoms with van der Waals surface area (Å²) in [6, 6.07) is 22.4. The molecule has 0 aliphatic rings. The number of benzene rings is 3. The van der Waals surface area contributed by atoms with Crippen molar-refractivity contribution in [3.05, 3.63) is 88.9 Å². The van der Waals surface area contributed by atoms with Gasteiger partial charge < -0.3 is 10.4 Å². The van der Waals surface area contributed by atoms with Crippen LogP contribution in [-0.2, 0) is 4.79 Å². The van der Waals surface area contributed by atoms with Gasteiger partial charge in [-0.25, -0.2) is 4.98 Å². The molecule has 0 spiro atoms. The number of nitrogens with one attached hydrogen (secondary N) is 1. The van der Waals surface area contributed by atoms with Crippen LogP contribution in [0.4, 0.5) is 5.13 Å². The Morgan fingerprint density at radius 2 is 1.70 bits per heavy atom. The summed E-state index contributed by atoms with van der Waals surface area (Å²) >= 11 is 7.47. The van der Waals surface area contributed by atoms with E-state index in [1.807, 2.05) is 68.4 Å². The third-order valence-electron chi connectivity index (χ3n) is 5.24. The number of fused-ring (bicyclic) bond motifs is 1. The molecule has 0 aliphatic heterocycles. The molecule has 4 aromatic rings. The van der Waals surface area contributed by atoms with Crippen molar-refractivity contribution in [1.82, 2.24) is 4.98 Å². The van der Waals surface area contributed by atoms with Crippen LogP contribution in [0.1, 0.15) is 30.9 Å². The maximum absolute atomic E-state index is 13.4. The van der Waals surface area contributed by atoms with Crippen molar-refractivity contribution in [3.8, 4) is 5.75 Å². The molecule has 0 bridgehead atoms. The average molecular weight is 437 g/mol. The van der Waals surface area contributed by atoms with Gasteiger partial charge >= 0.3 is 0 Å². The van der Waals surface area contributed by atoms with Crippen LogP contribution in [0.25, 0.3) is 10.2 Å². The summed E-state index contributed by atoms with van der Waals surface area (Å²) in [5, 5.41) is 13.9. The number of nitrogens with zero attached hydrogens (tertiary/aromatic N) is 1. The summed E-state index contributed by atoms with van der Waals surface area (Å²) in [5.41, 5.74) is 2.00. The molecule has 0 saturated carbocycles. The first-order valence-electron chi connectivity index (χ1n) is 9.56. The summed E-state index contributed by atoms with van der Waals surface area (Å²) in [6.45, 7) is 3.86. The highest BCUT2D eigenvalue weighted by Gasteiger charge is 2.39. The smallest absolute Gasteiger partial charge is 0.232 e. The summed E-state index contributed by atoms with van der Waals surface area (Å²) < 4.78 is 0.925. The Bertz CT molecular complexity index is 1190. The van der Waals surface area contributed by atoms with Crippen LogP contribution in [-0.4, -0.2) is 16.0 Å². The van der Waals surface area contributed by atoms with Crippen LogP contribution in [0.5, 0.6) is 5.75 Å². The Morgan fingerprint density at radius 1 is 1.03 bits per heavy atom. The Balaban J connectivity index is 1.69. The number of anilines is 1. The number of phenolic OH excluding ortho intramolecular Hbond substituents is 1. The van der Waals surface area contributed by atoms with E-state index >= 15 is 0 Å². The molecule has 0 radical (unpaired) electrons. The fourth-order valence-electron chi connectivity index (χ4n) is 3.68. The highest BCUT2D eigenvalue weighted by atomic mass is 35.5. The molecule has 1 heterocycles.